The van der Waals surface area contributed by atoms with E-state index in [1.54, 1.807) is 0 Å². The van der Waals surface area contributed by atoms with E-state index in [4.69, 9.17) is 26.8 Å². The number of nitriles is 1. The molecule has 0 fully saturated rings. The van der Waals surface area contributed by atoms with Crippen molar-refractivity contribution in [2.24, 2.45) is 5.73 Å². The van der Waals surface area contributed by atoms with E-state index in [1.807, 2.05) is 49.4 Å². The number of fused-ring (bicyclic) bond motifs is 1. The monoisotopic (exact) mass is 470 g/mol. The third-order valence-electron chi connectivity index (χ3n) is 4.75. The smallest absolute Gasteiger partial charge is 0.244 e. The zero-order chi connectivity index (χ0) is 20.5. The number of allylic oxidation sites excluding steroid dienone is 1. The SMILES string of the molecule is Cc1[nH]nc2c1[C@@H](c1cc(Br)ccc1OCc1ccccc1Cl)C(C#N)=C(N)O2. The number of rotatable bonds is 4. The zero-order valence-electron chi connectivity index (χ0n) is 15.4. The minimum atomic E-state index is -0.471. The molecule has 1 aromatic heterocycles. The highest BCUT2D eigenvalue weighted by Crippen LogP contribution is 2.46. The van der Waals surface area contributed by atoms with Gasteiger partial charge in [0.1, 0.15) is 24.0 Å². The molecule has 1 atom stereocenters. The van der Waals surface area contributed by atoms with Gasteiger partial charge in [-0.05, 0) is 31.2 Å². The van der Waals surface area contributed by atoms with Gasteiger partial charge in [-0.2, -0.15) is 5.26 Å². The standard InChI is InChI=1S/C21H16BrClN4O2/c1-11-18-19(15(9-24)20(25)29-21(18)27-26-11)14-8-13(22)6-7-17(14)28-10-12-4-2-3-5-16(12)23/h2-8,19H,10,25H2,1H3,(H,26,27)/t19-/m0/s1. The van der Waals surface area contributed by atoms with Gasteiger partial charge in [-0.3, -0.25) is 5.10 Å². The van der Waals surface area contributed by atoms with E-state index in [0.29, 0.717) is 22.2 Å². The van der Waals surface area contributed by atoms with Crippen LogP contribution in [0.3, 0.4) is 0 Å². The van der Waals surface area contributed by atoms with Gasteiger partial charge in [0.25, 0.3) is 0 Å². The van der Waals surface area contributed by atoms with Crippen LogP contribution in [-0.2, 0) is 6.61 Å². The molecule has 0 unspecified atom stereocenters. The Kier molecular flexibility index (Phi) is 5.22. The Hall–Kier alpha value is -2.95. The number of aromatic amines is 1. The van der Waals surface area contributed by atoms with Crippen molar-refractivity contribution in [3.05, 3.63) is 85.8 Å². The Morgan fingerprint density at radius 2 is 2.14 bits per heavy atom. The Morgan fingerprint density at radius 3 is 2.90 bits per heavy atom. The lowest BCUT2D eigenvalue weighted by Crippen LogP contribution is -2.21. The number of aromatic nitrogens is 2. The number of aryl methyl sites for hydroxylation is 1. The van der Waals surface area contributed by atoms with Crippen molar-refractivity contribution in [1.29, 1.82) is 5.26 Å². The van der Waals surface area contributed by atoms with Crippen LogP contribution >= 0.6 is 27.5 Å². The molecule has 3 N–H and O–H groups in total. The van der Waals surface area contributed by atoms with Crippen LogP contribution in [-0.4, -0.2) is 10.2 Å². The van der Waals surface area contributed by atoms with Crippen molar-refractivity contribution in [3.8, 4) is 17.7 Å². The minimum Gasteiger partial charge on any atom is -0.489 e. The normalized spacial score (nSPS) is 15.4. The lowest BCUT2D eigenvalue weighted by atomic mass is 9.83. The first-order chi connectivity index (χ1) is 14.0. The molecule has 2 heterocycles. The minimum absolute atomic E-state index is 0.0357. The van der Waals surface area contributed by atoms with Crippen LogP contribution in [0.4, 0.5) is 0 Å². The second-order valence-electron chi connectivity index (χ2n) is 6.55. The molecule has 0 saturated heterocycles. The highest BCUT2D eigenvalue weighted by Gasteiger charge is 2.36. The van der Waals surface area contributed by atoms with Gasteiger partial charge in [0, 0.05) is 31.9 Å². The molecule has 1 aliphatic heterocycles. The van der Waals surface area contributed by atoms with E-state index in [2.05, 4.69) is 32.2 Å². The Morgan fingerprint density at radius 1 is 1.34 bits per heavy atom. The maximum atomic E-state index is 9.78. The summed E-state index contributed by atoms with van der Waals surface area (Å²) in [6, 6.07) is 15.3. The number of nitrogens with two attached hydrogens (primary N) is 1. The van der Waals surface area contributed by atoms with Gasteiger partial charge in [0.05, 0.1) is 5.92 Å². The van der Waals surface area contributed by atoms with E-state index < -0.39 is 5.92 Å². The summed E-state index contributed by atoms with van der Waals surface area (Å²) < 4.78 is 12.5. The number of nitrogens with zero attached hydrogens (tertiary/aromatic N) is 2. The molecule has 2 aromatic carbocycles. The molecule has 8 heteroatoms. The van der Waals surface area contributed by atoms with Gasteiger partial charge >= 0.3 is 0 Å². The maximum absolute atomic E-state index is 9.78. The van der Waals surface area contributed by atoms with Crippen molar-refractivity contribution in [2.45, 2.75) is 19.4 Å². The predicted octanol–water partition coefficient (Wildman–Crippen LogP) is 4.93. The molecule has 0 amide bonds. The van der Waals surface area contributed by atoms with Crippen LogP contribution < -0.4 is 15.2 Å². The van der Waals surface area contributed by atoms with Gasteiger partial charge in [0.2, 0.25) is 11.8 Å². The summed E-state index contributed by atoms with van der Waals surface area (Å²) in [6.07, 6.45) is 0. The second kappa shape index (κ2) is 7.82. The van der Waals surface area contributed by atoms with E-state index in [1.165, 1.54) is 0 Å². The highest BCUT2D eigenvalue weighted by atomic mass is 79.9. The lowest BCUT2D eigenvalue weighted by Gasteiger charge is -2.25. The third-order valence-corrected chi connectivity index (χ3v) is 5.62. The molecule has 0 spiro atoms. The molecule has 0 radical (unpaired) electrons. The van der Waals surface area contributed by atoms with E-state index >= 15 is 0 Å². The molecule has 0 saturated carbocycles. The van der Waals surface area contributed by atoms with E-state index in [-0.39, 0.29) is 12.5 Å². The van der Waals surface area contributed by atoms with E-state index in [0.717, 1.165) is 26.9 Å². The average molecular weight is 472 g/mol. The van der Waals surface area contributed by atoms with E-state index in [9.17, 15) is 5.26 Å². The second-order valence-corrected chi connectivity index (χ2v) is 7.88. The summed E-state index contributed by atoms with van der Waals surface area (Å²) in [7, 11) is 0. The molecule has 1 aliphatic rings. The number of halogens is 2. The summed E-state index contributed by atoms with van der Waals surface area (Å²) in [6.45, 7) is 2.16. The largest absolute Gasteiger partial charge is 0.489 e. The summed E-state index contributed by atoms with van der Waals surface area (Å²) >= 11 is 9.77. The maximum Gasteiger partial charge on any atom is 0.244 e. The number of nitrogens with one attached hydrogen (secondary N) is 1. The third kappa shape index (κ3) is 3.57. The first kappa shape index (κ1) is 19.4. The quantitative estimate of drug-likeness (QED) is 0.562. The van der Waals surface area contributed by atoms with Gasteiger partial charge in [-0.1, -0.05) is 45.7 Å². The molecule has 3 aromatic rings. The average Bonchev–Trinajstić information content (AvgIpc) is 3.07. The Balaban J connectivity index is 1.80. The molecule has 0 bridgehead atoms. The molecule has 29 heavy (non-hydrogen) atoms. The number of hydrogen-bond donors (Lipinski definition) is 2. The Labute approximate surface area is 181 Å². The van der Waals surface area contributed by atoms with Gasteiger partial charge < -0.3 is 15.2 Å². The lowest BCUT2D eigenvalue weighted by molar-refractivity contribution is 0.301. The molecule has 146 valence electrons. The fourth-order valence-corrected chi connectivity index (χ4v) is 3.93. The number of hydrogen-bond acceptors (Lipinski definition) is 5. The number of H-pyrrole nitrogens is 1. The van der Waals surface area contributed by atoms with Gasteiger partial charge in [-0.15, -0.1) is 5.10 Å². The number of ether oxygens (including phenoxy) is 2. The van der Waals surface area contributed by atoms with Crippen LogP contribution in [0.25, 0.3) is 0 Å². The zero-order valence-corrected chi connectivity index (χ0v) is 17.7. The fourth-order valence-electron chi connectivity index (χ4n) is 3.36. The van der Waals surface area contributed by atoms with Gasteiger partial charge in [-0.25, -0.2) is 0 Å². The summed E-state index contributed by atoms with van der Waals surface area (Å²) in [4.78, 5) is 0. The van der Waals surface area contributed by atoms with Crippen LogP contribution in [0.5, 0.6) is 11.6 Å². The molecular weight excluding hydrogens is 456 g/mol. The van der Waals surface area contributed by atoms with Crippen molar-refractivity contribution in [2.75, 3.05) is 0 Å². The van der Waals surface area contributed by atoms with Crippen LogP contribution in [0.15, 0.2) is 58.4 Å². The first-order valence-corrected chi connectivity index (χ1v) is 9.94. The van der Waals surface area contributed by atoms with Crippen LogP contribution in [0.1, 0.15) is 28.3 Å². The molecule has 6 nitrogen and oxygen atoms in total. The number of benzene rings is 2. The Bertz CT molecular complexity index is 1170. The fraction of sp³-hybridized carbons (Fsp3) is 0.143. The highest BCUT2D eigenvalue weighted by molar-refractivity contribution is 9.10. The molecule has 0 aliphatic carbocycles. The van der Waals surface area contributed by atoms with Crippen molar-refractivity contribution >= 4 is 27.5 Å². The van der Waals surface area contributed by atoms with Crippen LogP contribution in [0.2, 0.25) is 5.02 Å². The van der Waals surface area contributed by atoms with Gasteiger partial charge in [0.15, 0.2) is 0 Å². The van der Waals surface area contributed by atoms with Crippen LogP contribution in [0, 0.1) is 18.3 Å². The predicted molar refractivity (Wildman–Crippen MR) is 113 cm³/mol. The van der Waals surface area contributed by atoms with Crippen molar-refractivity contribution < 1.29 is 9.47 Å². The van der Waals surface area contributed by atoms with Crippen molar-refractivity contribution in [1.82, 2.24) is 10.2 Å². The topological polar surface area (TPSA) is 97.0 Å². The summed E-state index contributed by atoms with van der Waals surface area (Å²) in [5.74, 6) is 0.544. The van der Waals surface area contributed by atoms with Crippen molar-refractivity contribution in [3.63, 3.8) is 0 Å². The molecular formula is C21H16BrClN4O2. The molecule has 4 rings (SSSR count). The summed E-state index contributed by atoms with van der Waals surface area (Å²) in [5, 5.41) is 17.5. The first-order valence-electron chi connectivity index (χ1n) is 8.77. The summed E-state index contributed by atoms with van der Waals surface area (Å²) in [5.41, 5.74) is 9.53.